The molecule has 0 bridgehead atoms. The molecule has 1 saturated heterocycles. The first-order chi connectivity index (χ1) is 13.8. The van der Waals surface area contributed by atoms with E-state index in [4.69, 9.17) is 16.3 Å². The van der Waals surface area contributed by atoms with Crippen molar-refractivity contribution in [1.82, 2.24) is 4.90 Å². The van der Waals surface area contributed by atoms with E-state index in [-0.39, 0.29) is 17.4 Å². The average molecular weight is 437 g/mol. The van der Waals surface area contributed by atoms with Gasteiger partial charge in [0.05, 0.1) is 10.6 Å². The van der Waals surface area contributed by atoms with Gasteiger partial charge in [0.25, 0.3) is 15.9 Å². The molecule has 0 saturated carbocycles. The Morgan fingerprint density at radius 1 is 1.07 bits per heavy atom. The zero-order chi connectivity index (χ0) is 20.9. The van der Waals surface area contributed by atoms with Gasteiger partial charge in [0.2, 0.25) is 0 Å². The number of aryl methyl sites for hydroxylation is 1. The molecule has 0 aromatic heterocycles. The van der Waals surface area contributed by atoms with Gasteiger partial charge in [-0.15, -0.1) is 0 Å². The summed E-state index contributed by atoms with van der Waals surface area (Å²) >= 11 is 6.05. The van der Waals surface area contributed by atoms with Gasteiger partial charge in [0.1, 0.15) is 5.75 Å². The van der Waals surface area contributed by atoms with Crippen LogP contribution in [0.25, 0.3) is 0 Å². The predicted molar refractivity (Wildman–Crippen MR) is 114 cm³/mol. The highest BCUT2D eigenvalue weighted by molar-refractivity contribution is 7.92. The van der Waals surface area contributed by atoms with E-state index in [1.165, 1.54) is 12.1 Å². The van der Waals surface area contributed by atoms with Crippen molar-refractivity contribution in [1.29, 1.82) is 0 Å². The number of nitrogens with one attached hydrogen (secondary N) is 1. The lowest BCUT2D eigenvalue weighted by Gasteiger charge is -2.20. The molecule has 1 aliphatic rings. The summed E-state index contributed by atoms with van der Waals surface area (Å²) in [6.07, 6.45) is 4.36. The Hall–Kier alpha value is -2.25. The molecule has 0 spiro atoms. The molecule has 2 aromatic carbocycles. The lowest BCUT2D eigenvalue weighted by Crippen LogP contribution is -2.35. The third kappa shape index (κ3) is 5.87. The van der Waals surface area contributed by atoms with Gasteiger partial charge in [-0.3, -0.25) is 9.52 Å². The molecule has 156 valence electrons. The first kappa shape index (κ1) is 21.5. The number of halogens is 1. The van der Waals surface area contributed by atoms with Gasteiger partial charge >= 0.3 is 0 Å². The summed E-state index contributed by atoms with van der Waals surface area (Å²) in [5.74, 6) is 0.409. The smallest absolute Gasteiger partial charge is 0.261 e. The number of benzene rings is 2. The number of likely N-dealkylation sites (tertiary alicyclic amines) is 1. The Balaban J connectivity index is 1.59. The van der Waals surface area contributed by atoms with Crippen molar-refractivity contribution in [3.8, 4) is 5.75 Å². The minimum Gasteiger partial charge on any atom is -0.484 e. The number of hydrogen-bond donors (Lipinski definition) is 1. The first-order valence-electron chi connectivity index (χ1n) is 9.65. The molecule has 1 heterocycles. The van der Waals surface area contributed by atoms with Crippen LogP contribution >= 0.6 is 11.6 Å². The maximum absolute atomic E-state index is 12.6. The van der Waals surface area contributed by atoms with Crippen molar-refractivity contribution in [2.24, 2.45) is 0 Å². The molecule has 1 N–H and O–H groups in total. The van der Waals surface area contributed by atoms with Crippen LogP contribution in [-0.2, 0) is 14.8 Å². The van der Waals surface area contributed by atoms with Crippen LogP contribution in [0.4, 0.5) is 5.69 Å². The van der Waals surface area contributed by atoms with E-state index in [0.717, 1.165) is 44.3 Å². The summed E-state index contributed by atoms with van der Waals surface area (Å²) in [5, 5.41) is 0.489. The fourth-order valence-electron chi connectivity index (χ4n) is 3.14. The fraction of sp³-hybridized carbons (Fsp3) is 0.381. The summed E-state index contributed by atoms with van der Waals surface area (Å²) < 4.78 is 33.2. The average Bonchev–Trinajstić information content (AvgIpc) is 2.99. The van der Waals surface area contributed by atoms with Crippen LogP contribution < -0.4 is 9.46 Å². The Labute approximate surface area is 176 Å². The highest BCUT2D eigenvalue weighted by Crippen LogP contribution is 2.23. The largest absolute Gasteiger partial charge is 0.484 e. The third-order valence-corrected chi connectivity index (χ3v) is 6.68. The molecule has 1 fully saturated rings. The van der Waals surface area contributed by atoms with E-state index in [1.54, 1.807) is 30.3 Å². The number of nitrogens with zero attached hydrogens (tertiary/aromatic N) is 1. The topological polar surface area (TPSA) is 75.7 Å². The normalized spacial score (nSPS) is 14.9. The van der Waals surface area contributed by atoms with Gasteiger partial charge in [0, 0.05) is 18.1 Å². The number of carbonyl (C=O) groups is 1. The minimum atomic E-state index is -3.75. The zero-order valence-corrected chi connectivity index (χ0v) is 17.9. The fourth-order valence-corrected chi connectivity index (χ4v) is 4.37. The maximum Gasteiger partial charge on any atom is 0.261 e. The summed E-state index contributed by atoms with van der Waals surface area (Å²) in [7, 11) is -3.75. The van der Waals surface area contributed by atoms with Crippen LogP contribution in [0.15, 0.2) is 47.4 Å². The van der Waals surface area contributed by atoms with Gasteiger partial charge < -0.3 is 9.64 Å². The van der Waals surface area contributed by atoms with Crippen molar-refractivity contribution >= 4 is 33.2 Å². The zero-order valence-electron chi connectivity index (χ0n) is 16.4. The molecular formula is C21H25ClN2O4S. The van der Waals surface area contributed by atoms with Crippen molar-refractivity contribution in [2.75, 3.05) is 24.4 Å². The number of anilines is 1. The standard InChI is InChI=1S/C21H25ClN2O4S/c1-16-6-7-17(14-20(16)22)23-29(26,27)19-10-8-18(9-11-19)28-15-21(25)24-12-4-2-3-5-13-24/h6-11,14,23H,2-5,12-13,15H2,1H3. The van der Waals surface area contributed by atoms with Crippen LogP contribution in [0, 0.1) is 6.92 Å². The summed E-state index contributed by atoms with van der Waals surface area (Å²) in [6.45, 7) is 3.34. The third-order valence-electron chi connectivity index (χ3n) is 4.88. The predicted octanol–water partition coefficient (Wildman–Crippen LogP) is 4.23. The Morgan fingerprint density at radius 2 is 1.72 bits per heavy atom. The molecule has 1 aliphatic heterocycles. The van der Waals surface area contributed by atoms with Crippen molar-refractivity contribution in [2.45, 2.75) is 37.5 Å². The molecule has 8 heteroatoms. The van der Waals surface area contributed by atoms with Crippen LogP contribution in [-0.4, -0.2) is 38.9 Å². The molecule has 0 unspecified atom stereocenters. The van der Waals surface area contributed by atoms with E-state index in [9.17, 15) is 13.2 Å². The van der Waals surface area contributed by atoms with Crippen LogP contribution in [0.1, 0.15) is 31.2 Å². The Bertz CT molecular complexity index is 953. The molecule has 29 heavy (non-hydrogen) atoms. The quantitative estimate of drug-likeness (QED) is 0.735. The van der Waals surface area contributed by atoms with Gasteiger partial charge in [-0.1, -0.05) is 30.5 Å². The summed E-state index contributed by atoms with van der Waals surface area (Å²) in [5.41, 5.74) is 1.26. The number of sulfonamides is 1. The van der Waals surface area contributed by atoms with Gasteiger partial charge in [-0.25, -0.2) is 8.42 Å². The van der Waals surface area contributed by atoms with E-state index < -0.39 is 10.0 Å². The second-order valence-electron chi connectivity index (χ2n) is 7.12. The lowest BCUT2D eigenvalue weighted by atomic mass is 10.2. The van der Waals surface area contributed by atoms with E-state index in [0.29, 0.717) is 16.5 Å². The number of carbonyl (C=O) groups excluding carboxylic acids is 1. The molecule has 3 rings (SSSR count). The molecule has 1 amide bonds. The van der Waals surface area contributed by atoms with Crippen LogP contribution in [0.3, 0.4) is 0 Å². The van der Waals surface area contributed by atoms with Crippen LogP contribution in [0.2, 0.25) is 5.02 Å². The highest BCUT2D eigenvalue weighted by Gasteiger charge is 2.17. The minimum absolute atomic E-state index is 0.0403. The Morgan fingerprint density at radius 3 is 2.34 bits per heavy atom. The van der Waals surface area contributed by atoms with E-state index in [2.05, 4.69) is 4.72 Å². The van der Waals surface area contributed by atoms with Gasteiger partial charge in [-0.2, -0.15) is 0 Å². The van der Waals surface area contributed by atoms with E-state index in [1.807, 2.05) is 11.8 Å². The molecule has 2 aromatic rings. The number of rotatable bonds is 6. The van der Waals surface area contributed by atoms with Crippen molar-refractivity contribution in [3.63, 3.8) is 0 Å². The van der Waals surface area contributed by atoms with Crippen LogP contribution in [0.5, 0.6) is 5.75 Å². The monoisotopic (exact) mass is 436 g/mol. The number of hydrogen-bond acceptors (Lipinski definition) is 4. The Kier molecular flexibility index (Phi) is 7.03. The summed E-state index contributed by atoms with van der Waals surface area (Å²) in [6, 6.07) is 11.0. The lowest BCUT2D eigenvalue weighted by molar-refractivity contribution is -0.133. The molecule has 0 atom stereocenters. The molecule has 6 nitrogen and oxygen atoms in total. The number of ether oxygens (including phenoxy) is 1. The molecule has 0 aliphatic carbocycles. The van der Waals surface area contributed by atoms with Crippen molar-refractivity contribution < 1.29 is 17.9 Å². The maximum atomic E-state index is 12.6. The molecular weight excluding hydrogens is 412 g/mol. The van der Waals surface area contributed by atoms with Gasteiger partial charge in [-0.05, 0) is 61.7 Å². The van der Waals surface area contributed by atoms with E-state index >= 15 is 0 Å². The van der Waals surface area contributed by atoms with Gasteiger partial charge in [0.15, 0.2) is 6.61 Å². The first-order valence-corrected chi connectivity index (χ1v) is 11.5. The second kappa shape index (κ2) is 9.50. The highest BCUT2D eigenvalue weighted by atomic mass is 35.5. The molecule has 0 radical (unpaired) electrons. The SMILES string of the molecule is Cc1ccc(NS(=O)(=O)c2ccc(OCC(=O)N3CCCCCC3)cc2)cc1Cl. The second-order valence-corrected chi connectivity index (χ2v) is 9.21. The summed E-state index contributed by atoms with van der Waals surface area (Å²) in [4.78, 5) is 14.2. The van der Waals surface area contributed by atoms with Crippen molar-refractivity contribution in [3.05, 3.63) is 53.1 Å². The number of amides is 1.